The highest BCUT2D eigenvalue weighted by Gasteiger charge is 1.99. The van der Waals surface area contributed by atoms with Crippen LogP contribution in [-0.2, 0) is 6.54 Å². The molecule has 2 nitrogen and oxygen atoms in total. The summed E-state index contributed by atoms with van der Waals surface area (Å²) in [6, 6.07) is 7.93. The van der Waals surface area contributed by atoms with Crippen molar-refractivity contribution in [2.75, 3.05) is 13.1 Å². The molecule has 3 N–H and O–H groups in total. The summed E-state index contributed by atoms with van der Waals surface area (Å²) in [5, 5.41) is 4.19. The zero-order valence-corrected chi connectivity index (χ0v) is 9.93. The number of hydrogen-bond donors (Lipinski definition) is 2. The topological polar surface area (TPSA) is 38.0 Å². The van der Waals surface area contributed by atoms with Crippen molar-refractivity contribution < 1.29 is 0 Å². The summed E-state index contributed by atoms with van der Waals surface area (Å²) in [7, 11) is 0. The highest BCUT2D eigenvalue weighted by Crippen LogP contribution is 2.09. The van der Waals surface area contributed by atoms with Crippen molar-refractivity contribution in [2.24, 2.45) is 11.7 Å². The van der Waals surface area contributed by atoms with Gasteiger partial charge in [0.25, 0.3) is 0 Å². The Balaban J connectivity index is 2.22. The summed E-state index contributed by atoms with van der Waals surface area (Å²) in [5.74, 6) is 0.641. The van der Waals surface area contributed by atoms with E-state index >= 15 is 0 Å². The number of nitrogens with two attached hydrogens (primary N) is 1. The van der Waals surface area contributed by atoms with Crippen molar-refractivity contribution in [3.8, 4) is 0 Å². The predicted molar refractivity (Wildman–Crippen MR) is 66.0 cm³/mol. The fourth-order valence-corrected chi connectivity index (χ4v) is 1.58. The number of benzene rings is 1. The molecule has 1 unspecified atom stereocenters. The molecule has 0 amide bonds. The van der Waals surface area contributed by atoms with Gasteiger partial charge in [-0.15, -0.1) is 0 Å². The van der Waals surface area contributed by atoms with Gasteiger partial charge in [-0.2, -0.15) is 0 Å². The van der Waals surface area contributed by atoms with E-state index in [9.17, 15) is 0 Å². The van der Waals surface area contributed by atoms with Gasteiger partial charge in [0.15, 0.2) is 0 Å². The van der Waals surface area contributed by atoms with Gasteiger partial charge >= 0.3 is 0 Å². The normalized spacial score (nSPS) is 12.7. The van der Waals surface area contributed by atoms with Gasteiger partial charge in [0.05, 0.1) is 0 Å². The van der Waals surface area contributed by atoms with Crippen LogP contribution < -0.4 is 11.1 Å². The van der Waals surface area contributed by atoms with E-state index in [-0.39, 0.29) is 0 Å². The maximum Gasteiger partial charge on any atom is 0.0406 e. The fraction of sp³-hybridized carbons (Fsp3) is 0.500. The molecule has 0 spiro atoms. The van der Waals surface area contributed by atoms with Crippen LogP contribution in [0, 0.1) is 5.92 Å². The zero-order chi connectivity index (χ0) is 11.1. The maximum absolute atomic E-state index is 5.80. The van der Waals surface area contributed by atoms with Crippen LogP contribution in [0.3, 0.4) is 0 Å². The lowest BCUT2D eigenvalue weighted by Gasteiger charge is -2.11. The summed E-state index contributed by atoms with van der Waals surface area (Å²) < 4.78 is 0. The maximum atomic E-state index is 5.80. The molecule has 84 valence electrons. The molecule has 0 aliphatic carbocycles. The van der Waals surface area contributed by atoms with E-state index in [2.05, 4.69) is 12.2 Å². The van der Waals surface area contributed by atoms with Crippen LogP contribution in [0.1, 0.15) is 18.9 Å². The monoisotopic (exact) mass is 226 g/mol. The van der Waals surface area contributed by atoms with Gasteiger partial charge in [0, 0.05) is 11.6 Å². The van der Waals surface area contributed by atoms with Crippen molar-refractivity contribution in [1.82, 2.24) is 5.32 Å². The smallest absolute Gasteiger partial charge is 0.0406 e. The highest BCUT2D eigenvalue weighted by molar-refractivity contribution is 6.30. The largest absolute Gasteiger partial charge is 0.330 e. The van der Waals surface area contributed by atoms with Gasteiger partial charge in [-0.05, 0) is 43.1 Å². The van der Waals surface area contributed by atoms with Crippen LogP contribution >= 0.6 is 11.6 Å². The molecule has 15 heavy (non-hydrogen) atoms. The van der Waals surface area contributed by atoms with Crippen molar-refractivity contribution in [1.29, 1.82) is 0 Å². The van der Waals surface area contributed by atoms with Gasteiger partial charge < -0.3 is 11.1 Å². The van der Waals surface area contributed by atoms with Crippen molar-refractivity contribution in [3.05, 3.63) is 34.9 Å². The molecule has 0 saturated carbocycles. The Hall–Kier alpha value is -0.570. The van der Waals surface area contributed by atoms with Crippen molar-refractivity contribution >= 4 is 11.6 Å². The second-order valence-electron chi connectivity index (χ2n) is 3.94. The van der Waals surface area contributed by atoms with Crippen LogP contribution in [0.2, 0.25) is 5.02 Å². The minimum absolute atomic E-state index is 0.641. The molecule has 0 aliphatic rings. The highest BCUT2D eigenvalue weighted by atomic mass is 35.5. The first-order valence-electron chi connectivity index (χ1n) is 5.37. The van der Waals surface area contributed by atoms with Gasteiger partial charge in [-0.1, -0.05) is 30.7 Å². The van der Waals surface area contributed by atoms with Gasteiger partial charge in [-0.3, -0.25) is 0 Å². The Morgan fingerprint density at radius 1 is 1.33 bits per heavy atom. The summed E-state index contributed by atoms with van der Waals surface area (Å²) in [6.45, 7) is 4.89. The second-order valence-corrected chi connectivity index (χ2v) is 4.38. The Morgan fingerprint density at radius 3 is 2.60 bits per heavy atom. The fourth-order valence-electron chi connectivity index (χ4n) is 1.45. The van der Waals surface area contributed by atoms with Crippen molar-refractivity contribution in [3.63, 3.8) is 0 Å². The molecule has 3 heteroatoms. The van der Waals surface area contributed by atoms with Crippen molar-refractivity contribution in [2.45, 2.75) is 19.9 Å². The molecule has 0 saturated heterocycles. The molecular weight excluding hydrogens is 208 g/mol. The molecule has 0 aliphatic heterocycles. The van der Waals surface area contributed by atoms with Gasteiger partial charge in [0.2, 0.25) is 0 Å². The Morgan fingerprint density at radius 2 is 2.00 bits per heavy atom. The summed E-state index contributed by atoms with van der Waals surface area (Å²) >= 11 is 5.80. The van der Waals surface area contributed by atoms with E-state index in [1.807, 2.05) is 24.3 Å². The van der Waals surface area contributed by atoms with Crippen LogP contribution in [-0.4, -0.2) is 13.1 Å². The number of hydrogen-bond acceptors (Lipinski definition) is 2. The minimum atomic E-state index is 0.641. The quantitative estimate of drug-likeness (QED) is 0.782. The van der Waals surface area contributed by atoms with E-state index < -0.39 is 0 Å². The Bertz CT molecular complexity index is 271. The first-order valence-corrected chi connectivity index (χ1v) is 5.75. The lowest BCUT2D eigenvalue weighted by molar-refractivity contribution is 0.486. The lowest BCUT2D eigenvalue weighted by atomic mass is 10.1. The molecule has 0 aromatic heterocycles. The molecule has 1 aromatic carbocycles. The molecule has 1 atom stereocenters. The van der Waals surface area contributed by atoms with Crippen LogP contribution in [0.25, 0.3) is 0 Å². The van der Waals surface area contributed by atoms with Crippen LogP contribution in [0.4, 0.5) is 0 Å². The second kappa shape index (κ2) is 6.83. The molecule has 0 bridgehead atoms. The third-order valence-electron chi connectivity index (χ3n) is 2.39. The van der Waals surface area contributed by atoms with Gasteiger partial charge in [-0.25, -0.2) is 0 Å². The first kappa shape index (κ1) is 12.5. The minimum Gasteiger partial charge on any atom is -0.330 e. The molecule has 0 radical (unpaired) electrons. The molecule has 1 rings (SSSR count). The number of nitrogens with one attached hydrogen (secondary N) is 1. The lowest BCUT2D eigenvalue weighted by Crippen LogP contribution is -2.22. The van der Waals surface area contributed by atoms with E-state index in [1.165, 1.54) is 5.56 Å². The number of halogens is 1. The van der Waals surface area contributed by atoms with E-state index in [1.54, 1.807) is 0 Å². The van der Waals surface area contributed by atoms with E-state index in [0.717, 1.165) is 31.1 Å². The molecule has 0 heterocycles. The summed E-state index contributed by atoms with van der Waals surface area (Å²) in [5.41, 5.74) is 6.75. The standard InChI is InChI=1S/C12H19ClN2/c1-10(6-7-14)8-15-9-11-2-4-12(13)5-3-11/h2-5,10,15H,6-9,14H2,1H3. The molecule has 1 aromatic rings. The summed E-state index contributed by atoms with van der Waals surface area (Å²) in [6.07, 6.45) is 1.08. The van der Waals surface area contributed by atoms with E-state index in [4.69, 9.17) is 17.3 Å². The number of rotatable bonds is 6. The SMILES string of the molecule is CC(CCN)CNCc1ccc(Cl)cc1. The van der Waals surface area contributed by atoms with Gasteiger partial charge in [0.1, 0.15) is 0 Å². The Labute approximate surface area is 96.8 Å². The third kappa shape index (κ3) is 5.17. The zero-order valence-electron chi connectivity index (χ0n) is 9.17. The molecule has 0 fully saturated rings. The summed E-state index contributed by atoms with van der Waals surface area (Å²) in [4.78, 5) is 0. The predicted octanol–water partition coefficient (Wildman–Crippen LogP) is 2.41. The van der Waals surface area contributed by atoms with Crippen LogP contribution in [0.5, 0.6) is 0 Å². The van der Waals surface area contributed by atoms with Crippen LogP contribution in [0.15, 0.2) is 24.3 Å². The average molecular weight is 227 g/mol. The van der Waals surface area contributed by atoms with E-state index in [0.29, 0.717) is 5.92 Å². The average Bonchev–Trinajstić information content (AvgIpc) is 2.21. The Kier molecular flexibility index (Phi) is 5.69. The third-order valence-corrected chi connectivity index (χ3v) is 2.65. The molecular formula is C12H19ClN2. The first-order chi connectivity index (χ1) is 7.22.